The first kappa shape index (κ1) is 16.3. The summed E-state index contributed by atoms with van der Waals surface area (Å²) in [6, 6.07) is 5.69. The fourth-order valence-electron chi connectivity index (χ4n) is 1.91. The summed E-state index contributed by atoms with van der Waals surface area (Å²) in [7, 11) is -1.14. The van der Waals surface area contributed by atoms with Crippen molar-refractivity contribution in [3.63, 3.8) is 0 Å². The van der Waals surface area contributed by atoms with Crippen molar-refractivity contribution in [2.75, 3.05) is 30.5 Å². The largest absolute Gasteiger partial charge is 0.372 e. The van der Waals surface area contributed by atoms with Gasteiger partial charge >= 0.3 is 0 Å². The number of rotatable bonds is 6. The van der Waals surface area contributed by atoms with E-state index in [0.717, 1.165) is 11.3 Å². The van der Waals surface area contributed by atoms with E-state index in [1.54, 1.807) is 6.07 Å². The Balaban J connectivity index is 2.97. The third kappa shape index (κ3) is 5.38. The highest BCUT2D eigenvalue weighted by Crippen LogP contribution is 2.29. The van der Waals surface area contributed by atoms with Crippen molar-refractivity contribution in [1.29, 1.82) is 0 Å². The lowest BCUT2D eigenvalue weighted by Gasteiger charge is -2.24. The minimum Gasteiger partial charge on any atom is -0.372 e. The Morgan fingerprint density at radius 1 is 1.42 bits per heavy atom. The Hall–Kier alpha value is -0.780. The van der Waals surface area contributed by atoms with E-state index in [1.165, 1.54) is 6.26 Å². The summed E-state index contributed by atoms with van der Waals surface area (Å²) in [5.74, 6) is 0.104. The number of anilines is 1. The topological polar surface area (TPSA) is 63.4 Å². The molecular weight excluding hydrogens is 284 g/mol. The molecule has 4 nitrogen and oxygen atoms in total. The monoisotopic (exact) mass is 304 g/mol. The predicted octanol–water partition coefficient (Wildman–Crippen LogP) is 1.71. The maximum atomic E-state index is 11.2. The Morgan fingerprint density at radius 2 is 2.05 bits per heavy atom. The molecule has 0 radical (unpaired) electrons. The lowest BCUT2D eigenvalue weighted by atomic mass is 10.0. The van der Waals surface area contributed by atoms with E-state index >= 15 is 0 Å². The Morgan fingerprint density at radius 3 is 2.58 bits per heavy atom. The molecule has 0 aliphatic carbocycles. The van der Waals surface area contributed by atoms with Crippen molar-refractivity contribution in [2.45, 2.75) is 19.4 Å². The van der Waals surface area contributed by atoms with Gasteiger partial charge in [0, 0.05) is 25.9 Å². The van der Waals surface area contributed by atoms with Crippen LogP contribution in [-0.2, 0) is 16.3 Å². The molecule has 0 spiro atoms. The summed E-state index contributed by atoms with van der Waals surface area (Å²) < 4.78 is 22.5. The Labute approximate surface area is 120 Å². The third-order valence-electron chi connectivity index (χ3n) is 2.79. The van der Waals surface area contributed by atoms with E-state index in [1.807, 2.05) is 31.0 Å². The molecule has 1 unspecified atom stereocenters. The summed E-state index contributed by atoms with van der Waals surface area (Å²) in [5, 5.41) is 0.620. The number of nitrogens with two attached hydrogens (primary N) is 1. The molecule has 1 aromatic rings. The highest BCUT2D eigenvalue weighted by Gasteiger charge is 2.14. The highest BCUT2D eigenvalue weighted by atomic mass is 35.5. The summed E-state index contributed by atoms with van der Waals surface area (Å²) in [6.45, 7) is 2.34. The van der Waals surface area contributed by atoms with Gasteiger partial charge in [0.25, 0.3) is 0 Å². The smallest absolute Gasteiger partial charge is 0.149 e. The average Bonchev–Trinajstić information content (AvgIpc) is 2.24. The van der Waals surface area contributed by atoms with E-state index in [9.17, 15) is 8.42 Å². The van der Waals surface area contributed by atoms with Gasteiger partial charge in [0.05, 0.1) is 16.5 Å². The molecule has 0 fully saturated rings. The van der Waals surface area contributed by atoms with Gasteiger partial charge in [-0.15, -0.1) is 0 Å². The molecule has 6 heteroatoms. The fraction of sp³-hybridized carbons (Fsp3) is 0.538. The van der Waals surface area contributed by atoms with Gasteiger partial charge in [-0.1, -0.05) is 23.7 Å². The molecule has 0 saturated heterocycles. The summed E-state index contributed by atoms with van der Waals surface area (Å²) in [6.07, 6.45) is 1.94. The van der Waals surface area contributed by atoms with Crippen LogP contribution in [-0.4, -0.2) is 40.1 Å². The second kappa shape index (κ2) is 6.59. The Bertz CT molecular complexity index is 529. The lowest BCUT2D eigenvalue weighted by molar-refractivity contribution is 0.601. The van der Waals surface area contributed by atoms with Crippen LogP contribution in [0.25, 0.3) is 0 Å². The van der Waals surface area contributed by atoms with Gasteiger partial charge in [-0.3, -0.25) is 0 Å². The molecule has 0 aliphatic heterocycles. The van der Waals surface area contributed by atoms with Crippen molar-refractivity contribution in [3.8, 4) is 0 Å². The second-order valence-corrected chi connectivity index (χ2v) is 7.65. The van der Waals surface area contributed by atoms with Gasteiger partial charge in [-0.25, -0.2) is 8.42 Å². The molecule has 1 rings (SSSR count). The molecule has 0 bridgehead atoms. The van der Waals surface area contributed by atoms with Gasteiger partial charge in [0.1, 0.15) is 9.84 Å². The summed E-state index contributed by atoms with van der Waals surface area (Å²) >= 11 is 6.23. The van der Waals surface area contributed by atoms with Crippen LogP contribution in [0.3, 0.4) is 0 Å². The Kier molecular flexibility index (Phi) is 5.64. The molecule has 0 aliphatic rings. The zero-order chi connectivity index (χ0) is 14.6. The van der Waals surface area contributed by atoms with Crippen LogP contribution in [0.2, 0.25) is 5.02 Å². The van der Waals surface area contributed by atoms with Crippen molar-refractivity contribution >= 4 is 27.1 Å². The number of hydrogen-bond acceptors (Lipinski definition) is 4. The van der Waals surface area contributed by atoms with Crippen LogP contribution < -0.4 is 10.6 Å². The minimum absolute atomic E-state index is 0.0283. The molecule has 0 saturated carbocycles. The normalized spacial score (nSPS) is 13.3. The van der Waals surface area contributed by atoms with Gasteiger partial charge in [-0.05, 0) is 25.0 Å². The molecule has 2 N–H and O–H groups in total. The number of sulfone groups is 1. The zero-order valence-electron chi connectivity index (χ0n) is 11.6. The predicted molar refractivity (Wildman–Crippen MR) is 81.8 cm³/mol. The van der Waals surface area contributed by atoms with Crippen LogP contribution in [0.4, 0.5) is 5.69 Å². The molecule has 108 valence electrons. The zero-order valence-corrected chi connectivity index (χ0v) is 13.1. The first-order chi connectivity index (χ1) is 8.70. The van der Waals surface area contributed by atoms with E-state index < -0.39 is 9.84 Å². The quantitative estimate of drug-likeness (QED) is 0.869. The minimum atomic E-state index is -2.99. The van der Waals surface area contributed by atoms with Crippen molar-refractivity contribution < 1.29 is 8.42 Å². The van der Waals surface area contributed by atoms with Crippen LogP contribution in [0.15, 0.2) is 18.2 Å². The number of halogens is 1. The molecule has 0 amide bonds. The third-order valence-corrected chi connectivity index (χ3v) is 4.02. The van der Waals surface area contributed by atoms with Gasteiger partial charge in [-0.2, -0.15) is 0 Å². The van der Waals surface area contributed by atoms with Gasteiger partial charge < -0.3 is 10.6 Å². The molecule has 0 heterocycles. The molecule has 1 aromatic carbocycles. The van der Waals surface area contributed by atoms with Crippen molar-refractivity contribution in [2.24, 2.45) is 5.73 Å². The van der Waals surface area contributed by atoms with E-state index in [2.05, 4.69) is 0 Å². The van der Waals surface area contributed by atoms with Crippen LogP contribution in [0.1, 0.15) is 12.5 Å². The second-order valence-electron chi connectivity index (χ2n) is 4.98. The molecule has 0 aromatic heterocycles. The number of nitrogens with zero attached hydrogens (tertiary/aromatic N) is 1. The number of para-hydroxylation sites is 1. The highest BCUT2D eigenvalue weighted by molar-refractivity contribution is 7.90. The summed E-state index contributed by atoms with van der Waals surface area (Å²) in [5.41, 5.74) is 7.74. The SMILES string of the molecule is CC(N)Cc1cccc(Cl)c1N(C)CCS(C)(=O)=O. The first-order valence-corrected chi connectivity index (χ1v) is 8.56. The maximum Gasteiger partial charge on any atom is 0.149 e. The average molecular weight is 305 g/mol. The van der Waals surface area contributed by atoms with Gasteiger partial charge in [0.15, 0.2) is 0 Å². The van der Waals surface area contributed by atoms with Crippen LogP contribution in [0.5, 0.6) is 0 Å². The standard InChI is InChI=1S/C13H21ClN2O2S/c1-10(15)9-11-5-4-6-12(14)13(11)16(2)7-8-19(3,17)18/h4-6,10H,7-9,15H2,1-3H3. The fourth-order valence-corrected chi connectivity index (χ4v) is 2.86. The number of benzene rings is 1. The van der Waals surface area contributed by atoms with E-state index in [4.69, 9.17) is 17.3 Å². The summed E-state index contributed by atoms with van der Waals surface area (Å²) in [4.78, 5) is 1.88. The molecular formula is C13H21ClN2O2S. The molecule has 1 atom stereocenters. The van der Waals surface area contributed by atoms with Gasteiger partial charge in [0.2, 0.25) is 0 Å². The molecule has 19 heavy (non-hydrogen) atoms. The lowest BCUT2D eigenvalue weighted by Crippen LogP contribution is -2.27. The first-order valence-electron chi connectivity index (χ1n) is 6.12. The van der Waals surface area contributed by atoms with Crippen LogP contribution >= 0.6 is 11.6 Å². The number of hydrogen-bond donors (Lipinski definition) is 1. The van der Waals surface area contributed by atoms with Crippen molar-refractivity contribution in [3.05, 3.63) is 28.8 Å². The van der Waals surface area contributed by atoms with Crippen LogP contribution in [0, 0.1) is 0 Å². The van der Waals surface area contributed by atoms with Crippen molar-refractivity contribution in [1.82, 2.24) is 0 Å². The maximum absolute atomic E-state index is 11.2. The van der Waals surface area contributed by atoms with E-state index in [0.29, 0.717) is 18.0 Å². The van der Waals surface area contributed by atoms with E-state index in [-0.39, 0.29) is 11.8 Å².